The zero-order valence-electron chi connectivity index (χ0n) is 8.06. The summed E-state index contributed by atoms with van der Waals surface area (Å²) in [6.07, 6.45) is -2.45. The van der Waals surface area contributed by atoms with E-state index in [1.54, 1.807) is 0 Å². The summed E-state index contributed by atoms with van der Waals surface area (Å²) < 4.78 is 36.8. The lowest BCUT2D eigenvalue weighted by atomic mass is 9.96. The van der Waals surface area contributed by atoms with E-state index in [1.165, 1.54) is 0 Å². The third-order valence-corrected chi connectivity index (χ3v) is 2.62. The minimum absolute atomic E-state index is 0.127. The molecule has 1 atom stereocenters. The smallest absolute Gasteiger partial charge is 0.316 e. The van der Waals surface area contributed by atoms with Crippen LogP contribution < -0.4 is 5.32 Å². The Hall–Kier alpha value is -1.04. The summed E-state index contributed by atoms with van der Waals surface area (Å²) in [4.78, 5) is 0. The number of aromatic nitrogens is 2. The van der Waals surface area contributed by atoms with Crippen LogP contribution >= 0.6 is 0 Å². The maximum absolute atomic E-state index is 12.3. The van der Waals surface area contributed by atoms with Crippen molar-refractivity contribution < 1.29 is 13.2 Å². The average Bonchev–Trinajstić information content (AvgIpc) is 2.67. The molecule has 0 radical (unpaired) electrons. The lowest BCUT2D eigenvalue weighted by Crippen LogP contribution is -2.28. The van der Waals surface area contributed by atoms with E-state index in [9.17, 15) is 13.2 Å². The number of piperidine rings is 1. The van der Waals surface area contributed by atoms with Gasteiger partial charge in [-0.1, -0.05) is 0 Å². The fourth-order valence-corrected chi connectivity index (χ4v) is 1.81. The number of aromatic amines is 1. The molecule has 1 aromatic rings. The molecule has 1 aliphatic rings. The highest BCUT2D eigenvalue weighted by molar-refractivity contribution is 5.16. The Labute approximate surface area is 85.1 Å². The van der Waals surface area contributed by atoms with Gasteiger partial charge in [-0.2, -0.15) is 18.3 Å². The predicted molar refractivity (Wildman–Crippen MR) is 48.4 cm³/mol. The van der Waals surface area contributed by atoms with Gasteiger partial charge in [-0.3, -0.25) is 5.10 Å². The summed E-state index contributed by atoms with van der Waals surface area (Å²) in [6, 6.07) is 1.11. The summed E-state index contributed by atoms with van der Waals surface area (Å²) in [6.45, 7) is 1.66. The van der Waals surface area contributed by atoms with E-state index < -0.39 is 11.9 Å². The van der Waals surface area contributed by atoms with Crippen molar-refractivity contribution in [1.29, 1.82) is 0 Å². The Bertz CT molecular complexity index is 326. The van der Waals surface area contributed by atoms with E-state index in [0.717, 1.165) is 32.0 Å². The molecule has 0 unspecified atom stereocenters. The molecule has 0 saturated carbocycles. The number of halogens is 3. The first-order valence-corrected chi connectivity index (χ1v) is 4.90. The lowest BCUT2D eigenvalue weighted by Gasteiger charge is -2.21. The van der Waals surface area contributed by atoms with Gasteiger partial charge in [0.05, 0.1) is 0 Å². The molecule has 0 aliphatic carbocycles. The van der Waals surface area contributed by atoms with Crippen molar-refractivity contribution in [3.8, 4) is 0 Å². The third-order valence-electron chi connectivity index (χ3n) is 2.62. The van der Waals surface area contributed by atoms with Gasteiger partial charge in [0.15, 0.2) is 5.69 Å². The second-order valence-electron chi connectivity index (χ2n) is 3.75. The molecular weight excluding hydrogens is 207 g/mol. The fourth-order valence-electron chi connectivity index (χ4n) is 1.81. The molecule has 2 heterocycles. The van der Waals surface area contributed by atoms with Gasteiger partial charge in [-0.15, -0.1) is 0 Å². The molecule has 3 nitrogen and oxygen atoms in total. The molecule has 6 heteroatoms. The second kappa shape index (κ2) is 3.84. The second-order valence-corrected chi connectivity index (χ2v) is 3.75. The maximum atomic E-state index is 12.3. The van der Waals surface area contributed by atoms with Crippen molar-refractivity contribution in [3.05, 3.63) is 17.5 Å². The van der Waals surface area contributed by atoms with E-state index in [0.29, 0.717) is 5.69 Å². The van der Waals surface area contributed by atoms with E-state index >= 15 is 0 Å². The first kappa shape index (κ1) is 10.5. The van der Waals surface area contributed by atoms with Crippen LogP contribution in [0.5, 0.6) is 0 Å². The summed E-state index contributed by atoms with van der Waals surface area (Å²) >= 11 is 0. The molecule has 0 bridgehead atoms. The Morgan fingerprint density at radius 3 is 2.73 bits per heavy atom. The number of rotatable bonds is 1. The molecule has 1 aliphatic heterocycles. The van der Waals surface area contributed by atoms with Crippen LogP contribution in [-0.2, 0) is 6.18 Å². The van der Waals surface area contributed by atoms with Crippen LogP contribution in [0.1, 0.15) is 30.1 Å². The van der Waals surface area contributed by atoms with Crippen LogP contribution in [0.15, 0.2) is 6.07 Å². The highest BCUT2D eigenvalue weighted by Gasteiger charge is 2.34. The SMILES string of the molecule is FC(F)(F)c1cc([C@H]2CCCNC2)[nH]n1. The van der Waals surface area contributed by atoms with Crippen LogP contribution in [0.2, 0.25) is 0 Å². The number of alkyl halides is 3. The van der Waals surface area contributed by atoms with Gasteiger partial charge in [0.25, 0.3) is 0 Å². The standard InChI is InChI=1S/C9H12F3N3/c10-9(11,12)8-4-7(14-15-8)6-2-1-3-13-5-6/h4,6,13H,1-3,5H2,(H,14,15)/t6-/m0/s1. The van der Waals surface area contributed by atoms with Crippen LogP contribution in [0.4, 0.5) is 13.2 Å². The van der Waals surface area contributed by atoms with Gasteiger partial charge >= 0.3 is 6.18 Å². The van der Waals surface area contributed by atoms with Gasteiger partial charge in [0.2, 0.25) is 0 Å². The predicted octanol–water partition coefficient (Wildman–Crippen LogP) is 1.90. The highest BCUT2D eigenvalue weighted by atomic mass is 19.4. The molecule has 1 saturated heterocycles. The van der Waals surface area contributed by atoms with Crippen LogP contribution in [0, 0.1) is 0 Å². The van der Waals surface area contributed by atoms with Gasteiger partial charge in [-0.25, -0.2) is 0 Å². The normalized spacial score (nSPS) is 23.0. The lowest BCUT2D eigenvalue weighted by molar-refractivity contribution is -0.141. The van der Waals surface area contributed by atoms with Crippen molar-refractivity contribution in [2.24, 2.45) is 0 Å². The molecule has 2 rings (SSSR count). The molecule has 1 aromatic heterocycles. The van der Waals surface area contributed by atoms with Gasteiger partial charge in [-0.05, 0) is 25.5 Å². The van der Waals surface area contributed by atoms with Crippen molar-refractivity contribution in [2.45, 2.75) is 24.9 Å². The minimum Gasteiger partial charge on any atom is -0.316 e. The first-order valence-electron chi connectivity index (χ1n) is 4.90. The number of hydrogen-bond donors (Lipinski definition) is 2. The molecule has 2 N–H and O–H groups in total. The van der Waals surface area contributed by atoms with Crippen LogP contribution in [-0.4, -0.2) is 23.3 Å². The topological polar surface area (TPSA) is 40.7 Å². The number of hydrogen-bond acceptors (Lipinski definition) is 2. The molecular formula is C9H12F3N3. The van der Waals surface area contributed by atoms with E-state index in [-0.39, 0.29) is 5.92 Å². The maximum Gasteiger partial charge on any atom is 0.435 e. The zero-order valence-corrected chi connectivity index (χ0v) is 8.06. The molecule has 1 fully saturated rings. The Morgan fingerprint density at radius 1 is 1.40 bits per heavy atom. The van der Waals surface area contributed by atoms with Gasteiger partial charge in [0, 0.05) is 18.2 Å². The van der Waals surface area contributed by atoms with Gasteiger partial charge < -0.3 is 5.32 Å². The summed E-state index contributed by atoms with van der Waals surface area (Å²) in [7, 11) is 0. The van der Waals surface area contributed by atoms with Crippen molar-refractivity contribution in [3.63, 3.8) is 0 Å². The van der Waals surface area contributed by atoms with Crippen LogP contribution in [0.3, 0.4) is 0 Å². The van der Waals surface area contributed by atoms with Crippen molar-refractivity contribution in [1.82, 2.24) is 15.5 Å². The Balaban J connectivity index is 2.12. The number of nitrogens with one attached hydrogen (secondary N) is 2. The monoisotopic (exact) mass is 219 g/mol. The largest absolute Gasteiger partial charge is 0.435 e. The molecule has 84 valence electrons. The van der Waals surface area contributed by atoms with Crippen molar-refractivity contribution in [2.75, 3.05) is 13.1 Å². The Kier molecular flexibility index (Phi) is 2.68. The average molecular weight is 219 g/mol. The summed E-state index contributed by atoms with van der Waals surface area (Å²) in [5, 5.41) is 8.91. The van der Waals surface area contributed by atoms with Gasteiger partial charge in [0.1, 0.15) is 0 Å². The molecule has 0 aromatic carbocycles. The van der Waals surface area contributed by atoms with E-state index in [4.69, 9.17) is 0 Å². The zero-order chi connectivity index (χ0) is 10.9. The highest BCUT2D eigenvalue weighted by Crippen LogP contribution is 2.30. The van der Waals surface area contributed by atoms with Crippen molar-refractivity contribution >= 4 is 0 Å². The summed E-state index contributed by atoms with van der Waals surface area (Å²) in [5.74, 6) is 0.127. The minimum atomic E-state index is -4.35. The van der Waals surface area contributed by atoms with E-state index in [2.05, 4.69) is 15.5 Å². The first-order chi connectivity index (χ1) is 7.07. The molecule has 0 spiro atoms. The molecule has 0 amide bonds. The Morgan fingerprint density at radius 2 is 2.20 bits per heavy atom. The summed E-state index contributed by atoms with van der Waals surface area (Å²) in [5.41, 5.74) is -0.252. The van der Waals surface area contributed by atoms with Crippen LogP contribution in [0.25, 0.3) is 0 Å². The van der Waals surface area contributed by atoms with E-state index in [1.807, 2.05) is 0 Å². The quantitative estimate of drug-likeness (QED) is 0.757. The fraction of sp³-hybridized carbons (Fsp3) is 0.667. The number of H-pyrrole nitrogens is 1. The molecule has 15 heavy (non-hydrogen) atoms. The third kappa shape index (κ3) is 2.31. The number of nitrogens with zero attached hydrogens (tertiary/aromatic N) is 1.